The van der Waals surface area contributed by atoms with Crippen LogP contribution >= 0.6 is 0 Å². The highest BCUT2D eigenvalue weighted by Gasteiger charge is 2.41. The molecule has 0 unspecified atom stereocenters. The van der Waals surface area contributed by atoms with E-state index in [4.69, 9.17) is 9.84 Å². The van der Waals surface area contributed by atoms with E-state index >= 15 is 0 Å². The Labute approximate surface area is 185 Å². The van der Waals surface area contributed by atoms with Crippen LogP contribution in [0, 0.1) is 5.41 Å². The van der Waals surface area contributed by atoms with Gasteiger partial charge in [0.15, 0.2) is 5.69 Å². The molecule has 0 saturated heterocycles. The SMILES string of the molecule is C=CC(=C)CO/C(=C/C=C\C)C(C)(C)/C(C=C)=N/C(=C)n1ncc(C(=O)O)c1C(F)(F)F. The van der Waals surface area contributed by atoms with Gasteiger partial charge in [0, 0.05) is 0 Å². The first kappa shape index (κ1) is 26.4. The first-order valence-corrected chi connectivity index (χ1v) is 9.37. The molecule has 0 fully saturated rings. The molecule has 9 heteroatoms. The van der Waals surface area contributed by atoms with Gasteiger partial charge in [0.2, 0.25) is 0 Å². The second-order valence-corrected chi connectivity index (χ2v) is 7.07. The minimum atomic E-state index is -4.99. The molecule has 1 aromatic heterocycles. The van der Waals surface area contributed by atoms with Crippen LogP contribution in [0.4, 0.5) is 13.2 Å². The second-order valence-electron chi connectivity index (χ2n) is 7.07. The third-order valence-electron chi connectivity index (χ3n) is 4.35. The summed E-state index contributed by atoms with van der Waals surface area (Å²) in [4.78, 5) is 15.4. The van der Waals surface area contributed by atoms with E-state index in [-0.39, 0.29) is 12.3 Å². The first-order valence-electron chi connectivity index (χ1n) is 9.37. The Hall–Kier alpha value is -3.62. The standard InChI is InChI=1S/C23H26F3N3O3/c1-8-11-12-19(32-14-15(4)9-2)22(6,7)18(10-3)28-16(5)29-20(23(24,25)26)17(13-27-29)21(30)31/h8-13H,2-5,14H2,1,6-7H3,(H,30,31)/b11-8-,19-12+,28-18+. The Bertz CT molecular complexity index is 1010. The van der Waals surface area contributed by atoms with Crippen molar-refractivity contribution in [2.45, 2.75) is 26.9 Å². The first-order chi connectivity index (χ1) is 14.8. The summed E-state index contributed by atoms with van der Waals surface area (Å²) in [7, 11) is 0. The second kappa shape index (κ2) is 10.6. The molecule has 1 aromatic rings. The van der Waals surface area contributed by atoms with E-state index < -0.39 is 34.6 Å². The molecule has 0 atom stereocenters. The average molecular weight is 449 g/mol. The predicted octanol–water partition coefficient (Wildman–Crippen LogP) is 5.90. The predicted molar refractivity (Wildman–Crippen MR) is 119 cm³/mol. The smallest absolute Gasteiger partial charge is 0.434 e. The number of hydrogen-bond acceptors (Lipinski definition) is 4. The van der Waals surface area contributed by atoms with Gasteiger partial charge in [0.05, 0.1) is 17.3 Å². The van der Waals surface area contributed by atoms with Crippen LogP contribution in [-0.4, -0.2) is 33.2 Å². The number of aromatic carboxylic acids is 1. The summed E-state index contributed by atoms with van der Waals surface area (Å²) in [5.74, 6) is -1.77. The Kier molecular flexibility index (Phi) is 8.76. The number of rotatable bonds is 11. The topological polar surface area (TPSA) is 76.7 Å². The number of carbonyl (C=O) groups is 1. The van der Waals surface area contributed by atoms with Crippen LogP contribution < -0.4 is 0 Å². The van der Waals surface area contributed by atoms with E-state index in [1.807, 2.05) is 6.92 Å². The number of halogens is 3. The van der Waals surface area contributed by atoms with E-state index in [2.05, 4.69) is 36.4 Å². The van der Waals surface area contributed by atoms with Crippen LogP contribution in [-0.2, 0) is 10.9 Å². The monoisotopic (exact) mass is 449 g/mol. The van der Waals surface area contributed by atoms with Gasteiger partial charge in [0.25, 0.3) is 0 Å². The lowest BCUT2D eigenvalue weighted by molar-refractivity contribution is -0.143. The summed E-state index contributed by atoms with van der Waals surface area (Å²) in [6.45, 7) is 20.1. The summed E-state index contributed by atoms with van der Waals surface area (Å²) in [5, 5.41) is 12.6. The normalized spacial score (nSPS) is 13.2. The molecule has 172 valence electrons. The maximum atomic E-state index is 13.5. The van der Waals surface area contributed by atoms with Crippen molar-refractivity contribution < 1.29 is 27.8 Å². The highest BCUT2D eigenvalue weighted by Crippen LogP contribution is 2.35. The maximum absolute atomic E-state index is 13.5. The Balaban J connectivity index is 3.51. The van der Waals surface area contributed by atoms with Gasteiger partial charge in [-0.15, -0.1) is 0 Å². The zero-order valence-corrected chi connectivity index (χ0v) is 18.2. The van der Waals surface area contributed by atoms with Crippen LogP contribution in [0.5, 0.6) is 0 Å². The fourth-order valence-electron chi connectivity index (χ4n) is 2.58. The summed E-state index contributed by atoms with van der Waals surface area (Å²) in [6, 6.07) is 0. The van der Waals surface area contributed by atoms with Gasteiger partial charge in [-0.05, 0) is 38.5 Å². The van der Waals surface area contributed by atoms with E-state index in [0.29, 0.717) is 22.2 Å². The number of ether oxygens (including phenoxy) is 1. The molecule has 0 radical (unpaired) electrons. The summed E-state index contributed by atoms with van der Waals surface area (Å²) in [6.07, 6.45) is 3.71. The number of alkyl halides is 3. The molecule has 1 N–H and O–H groups in total. The quantitative estimate of drug-likeness (QED) is 0.259. The van der Waals surface area contributed by atoms with Gasteiger partial charge in [-0.3, -0.25) is 0 Å². The van der Waals surface area contributed by atoms with Gasteiger partial charge in [-0.2, -0.15) is 18.3 Å². The van der Waals surface area contributed by atoms with Crippen LogP contribution in [0.1, 0.15) is 36.8 Å². The molecular weight excluding hydrogens is 423 g/mol. The number of hydrogen-bond donors (Lipinski definition) is 1. The molecule has 1 rings (SSSR count). The zero-order chi connectivity index (χ0) is 24.7. The van der Waals surface area contributed by atoms with Crippen LogP contribution in [0.3, 0.4) is 0 Å². The van der Waals surface area contributed by atoms with Crippen LogP contribution in [0.2, 0.25) is 0 Å². The lowest BCUT2D eigenvalue weighted by Crippen LogP contribution is -2.27. The third kappa shape index (κ3) is 6.19. The molecule has 0 saturated carbocycles. The van der Waals surface area contributed by atoms with Crippen molar-refractivity contribution in [1.29, 1.82) is 0 Å². The van der Waals surface area contributed by atoms with Crippen LogP contribution in [0.15, 0.2) is 79.2 Å². The highest BCUT2D eigenvalue weighted by molar-refractivity contribution is 6.02. The van der Waals surface area contributed by atoms with Crippen molar-refractivity contribution in [1.82, 2.24) is 9.78 Å². The minimum absolute atomic E-state index is 0.140. The maximum Gasteiger partial charge on any atom is 0.434 e. The lowest BCUT2D eigenvalue weighted by atomic mass is 9.84. The number of nitrogens with zero attached hydrogens (tertiary/aromatic N) is 3. The highest BCUT2D eigenvalue weighted by atomic mass is 19.4. The molecule has 0 bridgehead atoms. The lowest BCUT2D eigenvalue weighted by Gasteiger charge is -2.28. The van der Waals surface area contributed by atoms with Crippen molar-refractivity contribution >= 4 is 17.5 Å². The Morgan fingerprint density at radius 3 is 2.38 bits per heavy atom. The molecule has 0 aliphatic rings. The van der Waals surface area contributed by atoms with Crippen molar-refractivity contribution in [3.05, 3.63) is 85.5 Å². The number of aromatic nitrogens is 2. The molecule has 0 aromatic carbocycles. The third-order valence-corrected chi connectivity index (χ3v) is 4.35. The van der Waals surface area contributed by atoms with Gasteiger partial charge >= 0.3 is 12.1 Å². The molecule has 0 aliphatic carbocycles. The van der Waals surface area contributed by atoms with Crippen molar-refractivity contribution in [2.75, 3.05) is 6.61 Å². The summed E-state index contributed by atoms with van der Waals surface area (Å²) >= 11 is 0. The number of carboxylic acids is 1. The van der Waals surface area contributed by atoms with Gasteiger partial charge in [-0.1, -0.05) is 44.5 Å². The molecule has 0 spiro atoms. The van der Waals surface area contributed by atoms with Gasteiger partial charge in [0.1, 0.15) is 23.8 Å². The molecule has 0 aliphatic heterocycles. The minimum Gasteiger partial charge on any atom is -0.492 e. The van der Waals surface area contributed by atoms with Crippen LogP contribution in [0.25, 0.3) is 5.82 Å². The van der Waals surface area contributed by atoms with Crippen molar-refractivity contribution in [3.63, 3.8) is 0 Å². The average Bonchev–Trinajstić information content (AvgIpc) is 3.17. The van der Waals surface area contributed by atoms with E-state index in [1.165, 1.54) is 6.08 Å². The summed E-state index contributed by atoms with van der Waals surface area (Å²) < 4.78 is 46.7. The number of allylic oxidation sites excluding steroid dienone is 5. The van der Waals surface area contributed by atoms with E-state index in [0.717, 1.165) is 0 Å². The molecule has 0 amide bonds. The molecule has 1 heterocycles. The summed E-state index contributed by atoms with van der Waals surface area (Å²) in [5.41, 5.74) is -2.59. The number of aliphatic imine (C=N–C) groups is 1. The molecular formula is C23H26F3N3O3. The molecule has 32 heavy (non-hydrogen) atoms. The molecule has 6 nitrogen and oxygen atoms in total. The fourth-order valence-corrected chi connectivity index (χ4v) is 2.58. The number of carboxylic acid groups (broad SMARTS) is 1. The zero-order valence-electron chi connectivity index (χ0n) is 18.2. The van der Waals surface area contributed by atoms with Crippen molar-refractivity contribution in [3.8, 4) is 0 Å². The van der Waals surface area contributed by atoms with Gasteiger partial charge < -0.3 is 9.84 Å². The van der Waals surface area contributed by atoms with Crippen molar-refractivity contribution in [2.24, 2.45) is 10.4 Å². The van der Waals surface area contributed by atoms with Gasteiger partial charge in [-0.25, -0.2) is 14.5 Å². The Morgan fingerprint density at radius 2 is 1.91 bits per heavy atom. The Morgan fingerprint density at radius 1 is 1.28 bits per heavy atom. The van der Waals surface area contributed by atoms with E-state index in [9.17, 15) is 18.0 Å². The largest absolute Gasteiger partial charge is 0.492 e. The fraction of sp³-hybridized carbons (Fsp3) is 0.261. The van der Waals surface area contributed by atoms with E-state index in [1.54, 1.807) is 38.2 Å².